The second-order valence-electron chi connectivity index (χ2n) is 2.17. The van der Waals surface area contributed by atoms with Gasteiger partial charge in [0.15, 0.2) is 0 Å². The normalized spacial score (nSPS) is 29.3. The van der Waals surface area contributed by atoms with Crippen molar-refractivity contribution in [1.82, 2.24) is 5.32 Å². The molecule has 2 nitrogen and oxygen atoms in total. The summed E-state index contributed by atoms with van der Waals surface area (Å²) in [6.45, 7) is 5.10. The van der Waals surface area contributed by atoms with E-state index in [1.165, 1.54) is 0 Å². The molecule has 0 spiro atoms. The maximum atomic E-state index is 5.29. The Balaban J connectivity index is 0.000000640. The van der Waals surface area contributed by atoms with E-state index in [9.17, 15) is 0 Å². The fraction of sp³-hybridized carbons (Fsp3) is 0.833. The van der Waals surface area contributed by atoms with Crippen LogP contribution in [0.2, 0.25) is 0 Å². The SMILES string of the molecule is C[C-]1CCNC(C)O1.[Y]. The van der Waals surface area contributed by atoms with Crippen LogP contribution in [0, 0.1) is 6.10 Å². The van der Waals surface area contributed by atoms with Crippen LogP contribution < -0.4 is 5.32 Å². The van der Waals surface area contributed by atoms with Gasteiger partial charge in [0.1, 0.15) is 0 Å². The number of hydrogen-bond donors (Lipinski definition) is 1. The van der Waals surface area contributed by atoms with Crippen LogP contribution in [0.5, 0.6) is 0 Å². The third-order valence-corrected chi connectivity index (χ3v) is 1.29. The van der Waals surface area contributed by atoms with Gasteiger partial charge in [0.05, 0.1) is 6.23 Å². The molecule has 0 bridgehead atoms. The van der Waals surface area contributed by atoms with Crippen molar-refractivity contribution in [2.24, 2.45) is 0 Å². The quantitative estimate of drug-likeness (QED) is 0.590. The predicted octanol–water partition coefficient (Wildman–Crippen LogP) is 0.892. The molecule has 0 aliphatic carbocycles. The molecule has 1 radical (unpaired) electrons. The Morgan fingerprint density at radius 3 is 2.67 bits per heavy atom. The third kappa shape index (κ3) is 3.66. The Morgan fingerprint density at radius 1 is 1.67 bits per heavy atom. The summed E-state index contributed by atoms with van der Waals surface area (Å²) < 4.78 is 5.29. The van der Waals surface area contributed by atoms with E-state index >= 15 is 0 Å². The molecule has 1 heterocycles. The topological polar surface area (TPSA) is 21.3 Å². The first-order valence-corrected chi connectivity index (χ1v) is 3.01. The molecule has 9 heavy (non-hydrogen) atoms. The van der Waals surface area contributed by atoms with Crippen molar-refractivity contribution in [3.05, 3.63) is 6.10 Å². The molecule has 1 rings (SSSR count). The summed E-state index contributed by atoms with van der Waals surface area (Å²) in [6, 6.07) is 0. The fourth-order valence-corrected chi connectivity index (χ4v) is 0.854. The molecule has 1 unspecified atom stereocenters. The molecule has 0 aromatic rings. The van der Waals surface area contributed by atoms with E-state index in [1.54, 1.807) is 0 Å². The third-order valence-electron chi connectivity index (χ3n) is 1.29. The fourth-order valence-electron chi connectivity index (χ4n) is 0.854. The van der Waals surface area contributed by atoms with Gasteiger partial charge in [-0.05, 0) is 13.5 Å². The number of hydrogen-bond acceptors (Lipinski definition) is 2. The van der Waals surface area contributed by atoms with Gasteiger partial charge in [-0.1, -0.05) is 0 Å². The van der Waals surface area contributed by atoms with Crippen molar-refractivity contribution in [2.45, 2.75) is 26.5 Å². The van der Waals surface area contributed by atoms with Crippen molar-refractivity contribution in [3.63, 3.8) is 0 Å². The molecule has 0 saturated carbocycles. The van der Waals surface area contributed by atoms with Crippen LogP contribution in [0.3, 0.4) is 0 Å². The Morgan fingerprint density at radius 2 is 2.33 bits per heavy atom. The average molecular weight is 203 g/mol. The van der Waals surface area contributed by atoms with E-state index in [2.05, 4.69) is 5.32 Å². The van der Waals surface area contributed by atoms with E-state index in [4.69, 9.17) is 4.74 Å². The average Bonchev–Trinajstić information content (AvgIpc) is 1.64. The second-order valence-corrected chi connectivity index (χ2v) is 2.17. The van der Waals surface area contributed by atoms with Crippen LogP contribution >= 0.6 is 0 Å². The first kappa shape index (κ1) is 10.0. The Bertz CT molecular complexity index is 71.5. The van der Waals surface area contributed by atoms with Crippen LogP contribution in [0.4, 0.5) is 0 Å². The van der Waals surface area contributed by atoms with E-state index in [0.29, 0.717) is 0 Å². The minimum Gasteiger partial charge on any atom is -0.536 e. The van der Waals surface area contributed by atoms with Crippen LogP contribution in [-0.4, -0.2) is 12.8 Å². The summed E-state index contributed by atoms with van der Waals surface area (Å²) in [5.41, 5.74) is 0. The zero-order chi connectivity index (χ0) is 5.98. The summed E-state index contributed by atoms with van der Waals surface area (Å²) in [6.07, 6.45) is 2.43. The predicted molar refractivity (Wildman–Crippen MR) is 32.1 cm³/mol. The molecule has 1 atom stereocenters. The minimum absolute atomic E-state index is 0. The van der Waals surface area contributed by atoms with Gasteiger partial charge in [0.25, 0.3) is 0 Å². The smallest absolute Gasteiger partial charge is 0.0733 e. The van der Waals surface area contributed by atoms with Crippen LogP contribution in [-0.2, 0) is 37.4 Å². The Kier molecular flexibility index (Phi) is 5.32. The molecular weight excluding hydrogens is 191 g/mol. The molecule has 1 aliphatic heterocycles. The van der Waals surface area contributed by atoms with E-state index in [1.807, 2.05) is 13.8 Å². The standard InChI is InChI=1S/C6H12NO.Y/c1-5-3-4-7-6(2)8-5;/h6-7H,3-4H2,1-2H3;/q-1;. The molecule has 0 amide bonds. The summed E-state index contributed by atoms with van der Waals surface area (Å²) in [7, 11) is 0. The second kappa shape index (κ2) is 4.78. The van der Waals surface area contributed by atoms with Gasteiger partial charge >= 0.3 is 0 Å². The van der Waals surface area contributed by atoms with Crippen LogP contribution in [0.15, 0.2) is 0 Å². The Hall–Kier alpha value is 1.02. The molecule has 51 valence electrons. The molecule has 1 fully saturated rings. The number of ether oxygens (including phenoxy) is 1. The molecule has 1 saturated heterocycles. The van der Waals surface area contributed by atoms with Crippen molar-refractivity contribution in [2.75, 3.05) is 6.54 Å². The first-order chi connectivity index (χ1) is 3.79. The van der Waals surface area contributed by atoms with Gasteiger partial charge in [-0.3, -0.25) is 5.32 Å². The maximum Gasteiger partial charge on any atom is 0.0733 e. The van der Waals surface area contributed by atoms with Gasteiger partial charge < -0.3 is 4.74 Å². The molecule has 0 aromatic carbocycles. The molecule has 1 aliphatic rings. The monoisotopic (exact) mass is 203 g/mol. The molecule has 3 heteroatoms. The van der Waals surface area contributed by atoms with Crippen LogP contribution in [0.1, 0.15) is 20.3 Å². The van der Waals surface area contributed by atoms with E-state index < -0.39 is 0 Å². The molecule has 0 aromatic heterocycles. The Labute approximate surface area is 81.6 Å². The number of rotatable bonds is 0. The van der Waals surface area contributed by atoms with Crippen molar-refractivity contribution in [3.8, 4) is 0 Å². The maximum absolute atomic E-state index is 5.29. The minimum atomic E-state index is 0. The van der Waals surface area contributed by atoms with Gasteiger partial charge in [-0.2, -0.15) is 13.0 Å². The zero-order valence-corrected chi connectivity index (χ0v) is 8.82. The van der Waals surface area contributed by atoms with Crippen molar-refractivity contribution in [1.29, 1.82) is 0 Å². The van der Waals surface area contributed by atoms with Gasteiger partial charge in [-0.15, -0.1) is 6.42 Å². The van der Waals surface area contributed by atoms with Gasteiger partial charge in [0, 0.05) is 32.7 Å². The summed E-state index contributed by atoms with van der Waals surface area (Å²) >= 11 is 0. The number of nitrogens with one attached hydrogen (secondary N) is 1. The first-order valence-electron chi connectivity index (χ1n) is 3.01. The van der Waals surface area contributed by atoms with Gasteiger partial charge in [0.2, 0.25) is 0 Å². The van der Waals surface area contributed by atoms with Gasteiger partial charge in [-0.25, -0.2) is 0 Å². The summed E-state index contributed by atoms with van der Waals surface area (Å²) in [5.74, 6) is 0. The van der Waals surface area contributed by atoms with Crippen LogP contribution in [0.25, 0.3) is 0 Å². The van der Waals surface area contributed by atoms with E-state index in [-0.39, 0.29) is 38.9 Å². The summed E-state index contributed by atoms with van der Waals surface area (Å²) in [4.78, 5) is 0. The summed E-state index contributed by atoms with van der Waals surface area (Å²) in [5, 5.41) is 3.17. The zero-order valence-electron chi connectivity index (χ0n) is 5.98. The van der Waals surface area contributed by atoms with Crippen molar-refractivity contribution >= 4 is 0 Å². The molecular formula is C6H12NOY-. The van der Waals surface area contributed by atoms with Crippen molar-refractivity contribution < 1.29 is 37.4 Å². The largest absolute Gasteiger partial charge is 0.536 e. The molecule has 1 N–H and O–H groups in total. The van der Waals surface area contributed by atoms with E-state index in [0.717, 1.165) is 19.1 Å².